The molecule has 2 amide bonds. The normalized spacial score (nSPS) is 12.2. The molecule has 9 heteroatoms. The summed E-state index contributed by atoms with van der Waals surface area (Å²) in [6.07, 6.45) is 1.35. The monoisotopic (exact) mass is 446 g/mol. The van der Waals surface area contributed by atoms with Crippen LogP contribution in [0.4, 0.5) is 0 Å². The molecule has 1 atom stereocenters. The van der Waals surface area contributed by atoms with Gasteiger partial charge in [0.2, 0.25) is 0 Å². The topological polar surface area (TPSA) is 105 Å². The van der Waals surface area contributed by atoms with Crippen LogP contribution in [0, 0.1) is 0 Å². The van der Waals surface area contributed by atoms with Crippen molar-refractivity contribution in [3.63, 3.8) is 0 Å². The summed E-state index contributed by atoms with van der Waals surface area (Å²) in [5.41, 5.74) is 0.653. The van der Waals surface area contributed by atoms with Gasteiger partial charge in [0.15, 0.2) is 9.84 Å². The second kappa shape index (κ2) is 9.60. The van der Waals surface area contributed by atoms with Gasteiger partial charge in [0.25, 0.3) is 0 Å². The number of amides is 2. The van der Waals surface area contributed by atoms with Crippen LogP contribution in [0.3, 0.4) is 0 Å². The lowest BCUT2D eigenvalue weighted by atomic mass is 10.2. The third-order valence-electron chi connectivity index (χ3n) is 4.36. The van der Waals surface area contributed by atoms with E-state index in [1.165, 1.54) is 24.5 Å². The number of carbonyl (C=O) groups is 2. The van der Waals surface area contributed by atoms with Gasteiger partial charge in [-0.05, 0) is 35.9 Å². The summed E-state index contributed by atoms with van der Waals surface area (Å²) in [6.45, 7) is -0.265. The Kier molecular flexibility index (Phi) is 6.91. The SMILES string of the molecule is O=C(NCc1ccccc1Cl)C(=O)NC[C@@H](c1ccco1)S(=O)(=O)c1ccccc1. The largest absolute Gasteiger partial charge is 0.468 e. The van der Waals surface area contributed by atoms with Crippen molar-refractivity contribution in [2.45, 2.75) is 16.7 Å². The van der Waals surface area contributed by atoms with Gasteiger partial charge in [-0.1, -0.05) is 48.0 Å². The van der Waals surface area contributed by atoms with Crippen LogP contribution in [0.1, 0.15) is 16.6 Å². The maximum absolute atomic E-state index is 13.0. The number of halogens is 1. The van der Waals surface area contributed by atoms with E-state index >= 15 is 0 Å². The summed E-state index contributed by atoms with van der Waals surface area (Å²) in [4.78, 5) is 24.4. The molecule has 3 aromatic rings. The van der Waals surface area contributed by atoms with E-state index in [-0.39, 0.29) is 23.7 Å². The van der Waals surface area contributed by atoms with Gasteiger partial charge >= 0.3 is 11.8 Å². The first-order valence-electron chi connectivity index (χ1n) is 9.01. The Labute approximate surface area is 179 Å². The zero-order valence-corrected chi connectivity index (χ0v) is 17.3. The van der Waals surface area contributed by atoms with E-state index in [1.807, 2.05) is 0 Å². The fourth-order valence-corrected chi connectivity index (χ4v) is 4.59. The summed E-state index contributed by atoms with van der Waals surface area (Å²) >= 11 is 6.03. The lowest BCUT2D eigenvalue weighted by Crippen LogP contribution is -2.42. The molecule has 3 rings (SSSR count). The smallest absolute Gasteiger partial charge is 0.309 e. The van der Waals surface area contributed by atoms with Crippen molar-refractivity contribution in [1.82, 2.24) is 10.6 Å². The number of hydrogen-bond donors (Lipinski definition) is 2. The van der Waals surface area contributed by atoms with E-state index in [4.69, 9.17) is 16.0 Å². The highest BCUT2D eigenvalue weighted by molar-refractivity contribution is 7.91. The Bertz CT molecular complexity index is 1120. The molecular formula is C21H19ClN2O5S. The highest BCUT2D eigenvalue weighted by Crippen LogP contribution is 2.28. The van der Waals surface area contributed by atoms with Gasteiger partial charge in [-0.2, -0.15) is 0 Å². The lowest BCUT2D eigenvalue weighted by Gasteiger charge is -2.16. The van der Waals surface area contributed by atoms with E-state index < -0.39 is 26.9 Å². The number of benzene rings is 2. The van der Waals surface area contributed by atoms with Gasteiger partial charge in [-0.3, -0.25) is 9.59 Å². The number of carbonyl (C=O) groups excluding carboxylic acids is 2. The van der Waals surface area contributed by atoms with Crippen molar-refractivity contribution in [1.29, 1.82) is 0 Å². The Morgan fingerprint density at radius 3 is 2.23 bits per heavy atom. The van der Waals surface area contributed by atoms with Gasteiger partial charge < -0.3 is 15.1 Å². The van der Waals surface area contributed by atoms with E-state index in [2.05, 4.69) is 10.6 Å². The van der Waals surface area contributed by atoms with Crippen LogP contribution in [-0.4, -0.2) is 26.8 Å². The predicted octanol–water partition coefficient (Wildman–Crippen LogP) is 2.88. The molecule has 30 heavy (non-hydrogen) atoms. The summed E-state index contributed by atoms with van der Waals surface area (Å²) in [7, 11) is -3.86. The number of furan rings is 1. The minimum atomic E-state index is -3.86. The molecule has 2 aromatic carbocycles. The molecule has 0 fully saturated rings. The minimum Gasteiger partial charge on any atom is -0.468 e. The van der Waals surface area contributed by atoms with Crippen LogP contribution in [-0.2, 0) is 26.0 Å². The van der Waals surface area contributed by atoms with Crippen molar-refractivity contribution >= 4 is 33.3 Å². The first-order chi connectivity index (χ1) is 14.4. The molecule has 0 saturated heterocycles. The van der Waals surface area contributed by atoms with Crippen LogP contribution in [0.15, 0.2) is 82.3 Å². The zero-order valence-electron chi connectivity index (χ0n) is 15.7. The number of nitrogens with one attached hydrogen (secondary N) is 2. The maximum atomic E-state index is 13.0. The van der Waals surface area contributed by atoms with Gasteiger partial charge in [0.05, 0.1) is 11.2 Å². The quantitative estimate of drug-likeness (QED) is 0.543. The first-order valence-corrected chi connectivity index (χ1v) is 10.9. The molecule has 0 aliphatic rings. The standard InChI is InChI=1S/C21H19ClN2O5S/c22-17-10-5-4-7-15(17)13-23-20(25)21(26)24-14-19(18-11-6-12-29-18)30(27,28)16-8-2-1-3-9-16/h1-12,19H,13-14H2,(H,23,25)(H,24,26)/t19-/m0/s1. The summed E-state index contributed by atoms with van der Waals surface area (Å²) in [5.74, 6) is -1.69. The summed E-state index contributed by atoms with van der Waals surface area (Å²) in [6, 6.07) is 17.8. The average Bonchev–Trinajstić information content (AvgIpc) is 3.27. The fourth-order valence-electron chi connectivity index (χ4n) is 2.78. The third-order valence-corrected chi connectivity index (χ3v) is 6.80. The molecule has 1 heterocycles. The van der Waals surface area contributed by atoms with E-state index in [0.29, 0.717) is 10.6 Å². The summed E-state index contributed by atoms with van der Waals surface area (Å²) in [5, 5.41) is 4.11. The Morgan fingerprint density at radius 2 is 1.57 bits per heavy atom. The minimum absolute atomic E-state index is 0.0653. The molecule has 0 unspecified atom stereocenters. The van der Waals surface area contributed by atoms with E-state index in [9.17, 15) is 18.0 Å². The van der Waals surface area contributed by atoms with Crippen molar-refractivity contribution in [3.05, 3.63) is 89.3 Å². The third kappa shape index (κ3) is 5.08. The second-order valence-corrected chi connectivity index (χ2v) is 8.88. The molecular weight excluding hydrogens is 428 g/mol. The zero-order chi connectivity index (χ0) is 21.6. The first kappa shape index (κ1) is 21.6. The van der Waals surface area contributed by atoms with Crippen LogP contribution < -0.4 is 10.6 Å². The Balaban J connectivity index is 1.68. The fraction of sp³-hybridized carbons (Fsp3) is 0.143. The molecule has 0 spiro atoms. The molecule has 7 nitrogen and oxygen atoms in total. The van der Waals surface area contributed by atoms with Crippen molar-refractivity contribution in [3.8, 4) is 0 Å². The van der Waals surface area contributed by atoms with Crippen molar-refractivity contribution in [2.75, 3.05) is 6.54 Å². The maximum Gasteiger partial charge on any atom is 0.309 e. The van der Waals surface area contributed by atoms with Crippen LogP contribution in [0.2, 0.25) is 5.02 Å². The van der Waals surface area contributed by atoms with Crippen LogP contribution >= 0.6 is 11.6 Å². The highest BCUT2D eigenvalue weighted by Gasteiger charge is 2.32. The van der Waals surface area contributed by atoms with Gasteiger partial charge in [0.1, 0.15) is 11.0 Å². The second-order valence-electron chi connectivity index (χ2n) is 6.35. The molecule has 2 N–H and O–H groups in total. The Hall–Kier alpha value is -3.10. The van der Waals surface area contributed by atoms with Crippen LogP contribution in [0.5, 0.6) is 0 Å². The molecule has 0 radical (unpaired) electrons. The molecule has 0 bridgehead atoms. The number of sulfone groups is 1. The lowest BCUT2D eigenvalue weighted by molar-refractivity contribution is -0.139. The molecule has 0 saturated carbocycles. The van der Waals surface area contributed by atoms with Crippen LogP contribution in [0.25, 0.3) is 0 Å². The molecule has 156 valence electrons. The van der Waals surface area contributed by atoms with E-state index in [0.717, 1.165) is 0 Å². The highest BCUT2D eigenvalue weighted by atomic mass is 35.5. The summed E-state index contributed by atoms with van der Waals surface area (Å²) < 4.78 is 31.3. The molecule has 1 aromatic heterocycles. The van der Waals surface area contributed by atoms with E-state index in [1.54, 1.807) is 48.5 Å². The van der Waals surface area contributed by atoms with Gasteiger partial charge in [0, 0.05) is 18.1 Å². The number of rotatable bonds is 7. The van der Waals surface area contributed by atoms with Crippen molar-refractivity contribution in [2.24, 2.45) is 0 Å². The van der Waals surface area contributed by atoms with Gasteiger partial charge in [-0.25, -0.2) is 8.42 Å². The predicted molar refractivity (Wildman–Crippen MR) is 111 cm³/mol. The molecule has 0 aliphatic heterocycles. The average molecular weight is 447 g/mol. The number of hydrogen-bond acceptors (Lipinski definition) is 5. The molecule has 0 aliphatic carbocycles. The van der Waals surface area contributed by atoms with Gasteiger partial charge in [-0.15, -0.1) is 0 Å². The van der Waals surface area contributed by atoms with Crippen molar-refractivity contribution < 1.29 is 22.4 Å². The Morgan fingerprint density at radius 1 is 0.900 bits per heavy atom.